The molecule has 108 valence electrons. The molecule has 1 aromatic rings. The molecular weight excluding hydrogens is 244 g/mol. The summed E-state index contributed by atoms with van der Waals surface area (Å²) in [6.07, 6.45) is 0.865. The van der Waals surface area contributed by atoms with E-state index in [1.807, 2.05) is 26.0 Å². The molecule has 0 aliphatic rings. The Bertz CT molecular complexity index is 389. The third kappa shape index (κ3) is 4.52. The maximum atomic E-state index is 5.95. The molecule has 0 aromatic heterocycles. The SMILES string of the molecule is COc1cc(NCCC(C)(C)N)cc(OC)c1OC. The fraction of sp³-hybridized carbons (Fsp3) is 0.571. The van der Waals surface area contributed by atoms with Crippen LogP contribution in [0.1, 0.15) is 20.3 Å². The van der Waals surface area contributed by atoms with E-state index in [2.05, 4.69) is 5.32 Å². The van der Waals surface area contributed by atoms with Gasteiger partial charge < -0.3 is 25.3 Å². The summed E-state index contributed by atoms with van der Waals surface area (Å²) in [7, 11) is 4.79. The average molecular weight is 268 g/mol. The number of nitrogens with two attached hydrogens (primary N) is 1. The molecule has 0 fully saturated rings. The molecule has 0 radical (unpaired) electrons. The molecule has 0 saturated carbocycles. The Labute approximate surface area is 115 Å². The summed E-state index contributed by atoms with van der Waals surface area (Å²) in [5, 5.41) is 3.31. The predicted octanol–water partition coefficient (Wildman–Crippen LogP) is 2.25. The quantitative estimate of drug-likeness (QED) is 0.794. The highest BCUT2D eigenvalue weighted by molar-refractivity contribution is 5.62. The van der Waals surface area contributed by atoms with Crippen molar-refractivity contribution >= 4 is 5.69 Å². The first-order valence-electron chi connectivity index (χ1n) is 6.24. The molecule has 1 rings (SSSR count). The predicted molar refractivity (Wildman–Crippen MR) is 77.5 cm³/mol. The van der Waals surface area contributed by atoms with Gasteiger partial charge in [-0.2, -0.15) is 0 Å². The van der Waals surface area contributed by atoms with Crippen molar-refractivity contribution in [3.8, 4) is 17.2 Å². The molecule has 0 aliphatic heterocycles. The van der Waals surface area contributed by atoms with E-state index in [9.17, 15) is 0 Å². The molecule has 0 saturated heterocycles. The first kappa shape index (κ1) is 15.4. The summed E-state index contributed by atoms with van der Waals surface area (Å²) in [4.78, 5) is 0. The molecule has 3 N–H and O–H groups in total. The number of nitrogens with one attached hydrogen (secondary N) is 1. The Morgan fingerprint density at radius 3 is 1.95 bits per heavy atom. The topological polar surface area (TPSA) is 65.7 Å². The normalized spacial score (nSPS) is 11.1. The van der Waals surface area contributed by atoms with Crippen LogP contribution in [0.15, 0.2) is 12.1 Å². The van der Waals surface area contributed by atoms with E-state index in [0.29, 0.717) is 17.2 Å². The lowest BCUT2D eigenvalue weighted by Gasteiger charge is -2.19. The van der Waals surface area contributed by atoms with Crippen LogP contribution < -0.4 is 25.3 Å². The van der Waals surface area contributed by atoms with Crippen molar-refractivity contribution in [2.24, 2.45) is 5.73 Å². The lowest BCUT2D eigenvalue weighted by molar-refractivity contribution is 0.324. The van der Waals surface area contributed by atoms with Gasteiger partial charge in [0, 0.05) is 29.9 Å². The molecule has 0 unspecified atom stereocenters. The zero-order chi connectivity index (χ0) is 14.5. The highest BCUT2D eigenvalue weighted by atomic mass is 16.5. The zero-order valence-corrected chi connectivity index (χ0v) is 12.4. The average Bonchev–Trinajstić information content (AvgIpc) is 2.35. The second-order valence-electron chi connectivity index (χ2n) is 5.08. The van der Waals surface area contributed by atoms with Crippen molar-refractivity contribution in [2.45, 2.75) is 25.8 Å². The molecule has 5 heteroatoms. The van der Waals surface area contributed by atoms with Gasteiger partial charge in [-0.25, -0.2) is 0 Å². The van der Waals surface area contributed by atoms with E-state index < -0.39 is 0 Å². The standard InChI is InChI=1S/C14H24N2O3/c1-14(2,15)6-7-16-10-8-11(17-3)13(19-5)12(9-10)18-4/h8-9,16H,6-7,15H2,1-5H3. The van der Waals surface area contributed by atoms with E-state index in [0.717, 1.165) is 18.7 Å². The van der Waals surface area contributed by atoms with E-state index in [1.165, 1.54) is 0 Å². The second kappa shape index (κ2) is 6.52. The number of methoxy groups -OCH3 is 3. The van der Waals surface area contributed by atoms with Gasteiger partial charge in [-0.05, 0) is 20.3 Å². The lowest BCUT2D eigenvalue weighted by atomic mass is 10.0. The first-order valence-corrected chi connectivity index (χ1v) is 6.24. The molecule has 1 aromatic carbocycles. The van der Waals surface area contributed by atoms with Gasteiger partial charge in [-0.1, -0.05) is 0 Å². The fourth-order valence-electron chi connectivity index (χ4n) is 1.71. The number of benzene rings is 1. The highest BCUT2D eigenvalue weighted by Crippen LogP contribution is 2.39. The summed E-state index contributed by atoms with van der Waals surface area (Å²) in [5.74, 6) is 1.86. The van der Waals surface area contributed by atoms with Crippen molar-refractivity contribution < 1.29 is 14.2 Å². The van der Waals surface area contributed by atoms with Gasteiger partial charge in [-0.15, -0.1) is 0 Å². The van der Waals surface area contributed by atoms with Gasteiger partial charge >= 0.3 is 0 Å². The number of rotatable bonds is 7. The van der Waals surface area contributed by atoms with Crippen molar-refractivity contribution in [1.82, 2.24) is 0 Å². The Hall–Kier alpha value is -1.62. The smallest absolute Gasteiger partial charge is 0.203 e. The number of anilines is 1. The largest absolute Gasteiger partial charge is 0.493 e. The molecule has 0 spiro atoms. The third-order valence-corrected chi connectivity index (χ3v) is 2.76. The van der Waals surface area contributed by atoms with Gasteiger partial charge in [0.05, 0.1) is 21.3 Å². The minimum Gasteiger partial charge on any atom is -0.493 e. The van der Waals surface area contributed by atoms with E-state index in [-0.39, 0.29) is 5.54 Å². The van der Waals surface area contributed by atoms with Gasteiger partial charge in [-0.3, -0.25) is 0 Å². The Morgan fingerprint density at radius 2 is 1.58 bits per heavy atom. The van der Waals surface area contributed by atoms with Crippen molar-refractivity contribution in [2.75, 3.05) is 33.2 Å². The third-order valence-electron chi connectivity index (χ3n) is 2.76. The van der Waals surface area contributed by atoms with Crippen LogP contribution in [-0.2, 0) is 0 Å². The maximum Gasteiger partial charge on any atom is 0.203 e. The second-order valence-corrected chi connectivity index (χ2v) is 5.08. The van der Waals surface area contributed by atoms with E-state index >= 15 is 0 Å². The van der Waals surface area contributed by atoms with Crippen molar-refractivity contribution in [3.63, 3.8) is 0 Å². The Kier molecular flexibility index (Phi) is 5.30. The van der Waals surface area contributed by atoms with Crippen LogP contribution in [0.3, 0.4) is 0 Å². The van der Waals surface area contributed by atoms with Gasteiger partial charge in [0.1, 0.15) is 0 Å². The molecule has 0 amide bonds. The van der Waals surface area contributed by atoms with Gasteiger partial charge in [0.2, 0.25) is 5.75 Å². The van der Waals surface area contributed by atoms with Crippen LogP contribution in [0.2, 0.25) is 0 Å². The van der Waals surface area contributed by atoms with Crippen LogP contribution in [0.25, 0.3) is 0 Å². The molecule has 0 heterocycles. The molecular formula is C14H24N2O3. The minimum atomic E-state index is -0.187. The van der Waals surface area contributed by atoms with Crippen LogP contribution in [0.4, 0.5) is 5.69 Å². The van der Waals surface area contributed by atoms with E-state index in [1.54, 1.807) is 21.3 Å². The lowest BCUT2D eigenvalue weighted by Crippen LogP contribution is -2.34. The van der Waals surface area contributed by atoms with Crippen molar-refractivity contribution in [1.29, 1.82) is 0 Å². The molecule has 19 heavy (non-hydrogen) atoms. The van der Waals surface area contributed by atoms with Crippen LogP contribution in [0, 0.1) is 0 Å². The zero-order valence-electron chi connectivity index (χ0n) is 12.4. The van der Waals surface area contributed by atoms with Gasteiger partial charge in [0.25, 0.3) is 0 Å². The maximum absolute atomic E-state index is 5.95. The Balaban J connectivity index is 2.85. The van der Waals surface area contributed by atoms with E-state index in [4.69, 9.17) is 19.9 Å². The molecule has 0 bridgehead atoms. The van der Waals surface area contributed by atoms with Crippen molar-refractivity contribution in [3.05, 3.63) is 12.1 Å². The number of hydrogen-bond acceptors (Lipinski definition) is 5. The summed E-state index contributed by atoms with van der Waals surface area (Å²) < 4.78 is 15.9. The van der Waals surface area contributed by atoms with Gasteiger partial charge in [0.15, 0.2) is 11.5 Å². The minimum absolute atomic E-state index is 0.187. The summed E-state index contributed by atoms with van der Waals surface area (Å²) >= 11 is 0. The molecule has 0 aliphatic carbocycles. The highest BCUT2D eigenvalue weighted by Gasteiger charge is 2.14. The summed E-state index contributed by atoms with van der Waals surface area (Å²) in [6, 6.07) is 3.76. The van der Waals surface area contributed by atoms with Crippen LogP contribution >= 0.6 is 0 Å². The molecule has 0 atom stereocenters. The monoisotopic (exact) mass is 268 g/mol. The summed E-state index contributed by atoms with van der Waals surface area (Å²) in [5.41, 5.74) is 6.68. The number of hydrogen-bond donors (Lipinski definition) is 2. The first-order chi connectivity index (χ1) is 8.91. The fourth-order valence-corrected chi connectivity index (χ4v) is 1.71. The Morgan fingerprint density at radius 1 is 1.05 bits per heavy atom. The van der Waals surface area contributed by atoms with Crippen LogP contribution in [0.5, 0.6) is 17.2 Å². The summed E-state index contributed by atoms with van der Waals surface area (Å²) in [6.45, 7) is 4.79. The van der Waals surface area contributed by atoms with Crippen LogP contribution in [-0.4, -0.2) is 33.4 Å². The molecule has 5 nitrogen and oxygen atoms in total. The number of ether oxygens (including phenoxy) is 3.